The molecule has 0 saturated heterocycles. The maximum Gasteiger partial charge on any atom is 0.346 e. The highest BCUT2D eigenvalue weighted by atomic mass is 16.5. The number of esters is 1. The van der Waals surface area contributed by atoms with Crippen LogP contribution < -0.4 is 17.0 Å². The first-order chi connectivity index (χ1) is 13.4. The van der Waals surface area contributed by atoms with Crippen molar-refractivity contribution in [2.75, 3.05) is 5.73 Å². The van der Waals surface area contributed by atoms with E-state index in [4.69, 9.17) is 15.0 Å². The van der Waals surface area contributed by atoms with Gasteiger partial charge in [0.25, 0.3) is 5.56 Å². The molecule has 0 atom stereocenters. The van der Waals surface area contributed by atoms with Crippen LogP contribution in [0.25, 0.3) is 11.2 Å². The Morgan fingerprint density at radius 2 is 2.04 bits per heavy atom. The summed E-state index contributed by atoms with van der Waals surface area (Å²) in [6, 6.07) is 0. The number of carbonyl (C=O) groups is 1. The number of nitrogens with zero attached hydrogens (tertiary/aromatic N) is 4. The smallest absolute Gasteiger partial charge is 0.346 e. The molecule has 3 aromatic heterocycles. The Balaban J connectivity index is 1.99. The molecule has 0 amide bonds. The third-order valence-corrected chi connectivity index (χ3v) is 4.44. The summed E-state index contributed by atoms with van der Waals surface area (Å²) in [7, 11) is 0. The van der Waals surface area contributed by atoms with Crippen LogP contribution in [-0.4, -0.2) is 30.2 Å². The van der Waals surface area contributed by atoms with Crippen LogP contribution in [0.3, 0.4) is 0 Å². The number of anilines is 1. The predicted molar refractivity (Wildman–Crippen MR) is 100.0 cm³/mol. The zero-order chi connectivity index (χ0) is 20.4. The molecule has 0 unspecified atom stereocenters. The normalized spacial score (nSPS) is 11.2. The summed E-state index contributed by atoms with van der Waals surface area (Å²) in [5, 5.41) is 3.62. The number of fused-ring (bicyclic) bond motifs is 1. The molecule has 3 rings (SSSR count). The quantitative estimate of drug-likeness (QED) is 0.566. The van der Waals surface area contributed by atoms with Gasteiger partial charge in [0.1, 0.15) is 18.0 Å². The molecular weight excluding hydrogens is 368 g/mol. The Morgan fingerprint density at radius 1 is 1.29 bits per heavy atom. The third-order valence-electron chi connectivity index (χ3n) is 4.44. The predicted octanol–water partition coefficient (Wildman–Crippen LogP) is 0.942. The van der Waals surface area contributed by atoms with Gasteiger partial charge in [-0.1, -0.05) is 18.5 Å². The number of imidazole rings is 1. The Kier molecular flexibility index (Phi) is 5.34. The summed E-state index contributed by atoms with van der Waals surface area (Å²) in [6.07, 6.45) is 1.64. The number of rotatable bonds is 7. The lowest BCUT2D eigenvalue weighted by Crippen LogP contribution is -2.31. The van der Waals surface area contributed by atoms with Gasteiger partial charge in [-0.05, 0) is 20.3 Å². The average Bonchev–Trinajstić information content (AvgIpc) is 3.19. The Hall–Kier alpha value is -3.37. The number of carbonyl (C=O) groups excluding carboxylic acids is 1. The van der Waals surface area contributed by atoms with Crippen molar-refractivity contribution in [1.29, 1.82) is 0 Å². The Morgan fingerprint density at radius 3 is 2.64 bits per heavy atom. The summed E-state index contributed by atoms with van der Waals surface area (Å²) < 4.78 is 13.1. The lowest BCUT2D eigenvalue weighted by atomic mass is 10.2. The van der Waals surface area contributed by atoms with Crippen LogP contribution in [0.4, 0.5) is 5.88 Å². The van der Waals surface area contributed by atoms with Crippen molar-refractivity contribution in [1.82, 2.24) is 24.3 Å². The standard InChI is InChI=1S/C17H22N6O5/c1-4-6-7-23-14-12(15(24)20-17(23)26)22(5-2)10(19-14)8-27-16(25)11-9(3)21-28-13(11)18/h4-8,18H2,1-3H3,(H,20,24,26). The van der Waals surface area contributed by atoms with Gasteiger partial charge in [-0.3, -0.25) is 14.3 Å². The molecule has 11 heteroatoms. The molecule has 0 aliphatic rings. The van der Waals surface area contributed by atoms with Crippen molar-refractivity contribution >= 4 is 23.0 Å². The molecule has 150 valence electrons. The molecular formula is C17H22N6O5. The molecule has 28 heavy (non-hydrogen) atoms. The van der Waals surface area contributed by atoms with Gasteiger partial charge < -0.3 is 19.6 Å². The minimum Gasteiger partial charge on any atom is -0.454 e. The second kappa shape index (κ2) is 7.71. The summed E-state index contributed by atoms with van der Waals surface area (Å²) in [5.74, 6) is -0.487. The number of nitrogens with two attached hydrogens (primary N) is 1. The lowest BCUT2D eigenvalue weighted by molar-refractivity contribution is 0.0458. The third kappa shape index (κ3) is 3.30. The van der Waals surface area contributed by atoms with E-state index in [1.807, 2.05) is 13.8 Å². The maximum atomic E-state index is 12.4. The molecule has 0 radical (unpaired) electrons. The molecule has 0 spiro atoms. The van der Waals surface area contributed by atoms with Gasteiger partial charge in [0.05, 0.1) is 5.69 Å². The van der Waals surface area contributed by atoms with Crippen molar-refractivity contribution in [3.05, 3.63) is 37.9 Å². The van der Waals surface area contributed by atoms with E-state index in [0.29, 0.717) is 24.6 Å². The van der Waals surface area contributed by atoms with Gasteiger partial charge >= 0.3 is 11.7 Å². The number of nitrogens with one attached hydrogen (secondary N) is 1. The average molecular weight is 390 g/mol. The molecule has 3 aromatic rings. The molecule has 0 bridgehead atoms. The number of aromatic amines is 1. The molecule has 11 nitrogen and oxygen atoms in total. The van der Waals surface area contributed by atoms with Crippen LogP contribution in [0, 0.1) is 6.92 Å². The van der Waals surface area contributed by atoms with Crippen LogP contribution in [0.2, 0.25) is 0 Å². The number of H-pyrrole nitrogens is 1. The highest BCUT2D eigenvalue weighted by Crippen LogP contribution is 2.18. The van der Waals surface area contributed by atoms with E-state index in [1.54, 1.807) is 11.5 Å². The monoisotopic (exact) mass is 390 g/mol. The SMILES string of the molecule is CCCCn1c(=O)[nH]c(=O)c2c1nc(COC(=O)c1c(C)noc1N)n2CC. The van der Waals surface area contributed by atoms with Crippen LogP contribution >= 0.6 is 0 Å². The van der Waals surface area contributed by atoms with E-state index in [-0.39, 0.29) is 29.2 Å². The summed E-state index contributed by atoms with van der Waals surface area (Å²) in [4.78, 5) is 43.6. The minimum absolute atomic E-state index is 0.0526. The number of hydrogen-bond donors (Lipinski definition) is 2. The van der Waals surface area contributed by atoms with Gasteiger partial charge in [-0.15, -0.1) is 0 Å². The van der Waals surface area contributed by atoms with Gasteiger partial charge in [-0.2, -0.15) is 0 Å². The van der Waals surface area contributed by atoms with E-state index in [0.717, 1.165) is 12.8 Å². The fourth-order valence-corrected chi connectivity index (χ4v) is 3.03. The molecule has 0 aromatic carbocycles. The van der Waals surface area contributed by atoms with E-state index in [9.17, 15) is 14.4 Å². The van der Waals surface area contributed by atoms with Gasteiger partial charge in [0.15, 0.2) is 11.2 Å². The fourth-order valence-electron chi connectivity index (χ4n) is 3.03. The van der Waals surface area contributed by atoms with Crippen molar-refractivity contribution < 1.29 is 14.1 Å². The largest absolute Gasteiger partial charge is 0.454 e. The zero-order valence-corrected chi connectivity index (χ0v) is 15.9. The van der Waals surface area contributed by atoms with Crippen LogP contribution in [0.5, 0.6) is 0 Å². The molecule has 0 aliphatic heterocycles. The second-order valence-electron chi connectivity index (χ2n) is 6.29. The zero-order valence-electron chi connectivity index (χ0n) is 15.9. The van der Waals surface area contributed by atoms with E-state index < -0.39 is 17.2 Å². The lowest BCUT2D eigenvalue weighted by Gasteiger charge is -2.07. The van der Waals surface area contributed by atoms with E-state index in [2.05, 4.69) is 15.1 Å². The van der Waals surface area contributed by atoms with Crippen molar-refractivity contribution in [3.63, 3.8) is 0 Å². The number of hydrogen-bond acceptors (Lipinski definition) is 8. The molecule has 0 aliphatic carbocycles. The maximum absolute atomic E-state index is 12.4. The first-order valence-corrected chi connectivity index (χ1v) is 9.00. The molecule has 0 fully saturated rings. The Bertz CT molecular complexity index is 1120. The summed E-state index contributed by atoms with van der Waals surface area (Å²) in [5.41, 5.74) is 5.47. The van der Waals surface area contributed by atoms with Gasteiger partial charge in [0, 0.05) is 13.1 Å². The number of ether oxygens (including phenoxy) is 1. The van der Waals surface area contributed by atoms with Crippen LogP contribution in [0.1, 0.15) is 48.6 Å². The van der Waals surface area contributed by atoms with Crippen LogP contribution in [0.15, 0.2) is 14.1 Å². The van der Waals surface area contributed by atoms with Crippen LogP contribution in [-0.2, 0) is 24.4 Å². The molecule has 3 N–H and O–H groups in total. The highest BCUT2D eigenvalue weighted by Gasteiger charge is 2.22. The fraction of sp³-hybridized carbons (Fsp3) is 0.471. The first kappa shape index (κ1) is 19.4. The molecule has 0 saturated carbocycles. The minimum atomic E-state index is -0.705. The van der Waals surface area contributed by atoms with E-state index in [1.165, 1.54) is 4.57 Å². The van der Waals surface area contributed by atoms with Crippen molar-refractivity contribution in [2.24, 2.45) is 0 Å². The van der Waals surface area contributed by atoms with Crippen molar-refractivity contribution in [2.45, 2.75) is 53.3 Å². The van der Waals surface area contributed by atoms with Gasteiger partial charge in [-0.25, -0.2) is 14.6 Å². The van der Waals surface area contributed by atoms with Gasteiger partial charge in [0.2, 0.25) is 5.88 Å². The number of unbranched alkanes of at least 4 members (excludes halogenated alkanes) is 1. The van der Waals surface area contributed by atoms with E-state index >= 15 is 0 Å². The highest BCUT2D eigenvalue weighted by molar-refractivity contribution is 5.94. The topological polar surface area (TPSA) is 151 Å². The summed E-state index contributed by atoms with van der Waals surface area (Å²) in [6.45, 7) is 6.04. The first-order valence-electron chi connectivity index (χ1n) is 9.00. The number of aromatic nitrogens is 5. The second-order valence-corrected chi connectivity index (χ2v) is 6.29. The van der Waals surface area contributed by atoms with Crippen molar-refractivity contribution in [3.8, 4) is 0 Å². The summed E-state index contributed by atoms with van der Waals surface area (Å²) >= 11 is 0. The number of nitrogen functional groups attached to an aromatic ring is 1. The Labute approximate surface area is 159 Å². The molecule has 3 heterocycles. The number of aryl methyl sites for hydroxylation is 3.